The molecule has 7 nitrogen and oxygen atoms in total. The van der Waals surface area contributed by atoms with Gasteiger partial charge in [-0.25, -0.2) is 0 Å². The van der Waals surface area contributed by atoms with Gasteiger partial charge in [0.15, 0.2) is 5.78 Å². The molecule has 1 amide bonds. The molecule has 0 saturated carbocycles. The largest absolute Gasteiger partial charge is 0.468 e. The average molecular weight is 320 g/mol. The highest BCUT2D eigenvalue weighted by Crippen LogP contribution is 2.17. The lowest BCUT2D eigenvalue weighted by Gasteiger charge is -2.33. The molecule has 3 N–H and O–H groups in total. The second-order valence-electron chi connectivity index (χ2n) is 5.37. The van der Waals surface area contributed by atoms with E-state index in [9.17, 15) is 19.5 Å². The molecular weight excluding hydrogens is 300 g/mol. The number of amides is 1. The molecule has 7 heteroatoms. The number of carbonyl (C=O) groups excluding carboxylic acids is 3. The lowest BCUT2D eigenvalue weighted by Crippen LogP contribution is -2.60. The molecule has 1 heterocycles. The van der Waals surface area contributed by atoms with Gasteiger partial charge in [-0.2, -0.15) is 0 Å². The molecule has 0 spiro atoms. The molecular formula is C16H20N2O5. The Labute approximate surface area is 134 Å². The predicted molar refractivity (Wildman–Crippen MR) is 81.8 cm³/mol. The van der Waals surface area contributed by atoms with Crippen molar-refractivity contribution in [2.45, 2.75) is 31.0 Å². The smallest absolute Gasteiger partial charge is 0.325 e. The van der Waals surface area contributed by atoms with Crippen molar-refractivity contribution < 1.29 is 24.2 Å². The molecule has 3 unspecified atom stereocenters. The third-order valence-corrected chi connectivity index (χ3v) is 3.81. The van der Waals surface area contributed by atoms with Gasteiger partial charge < -0.3 is 15.2 Å². The van der Waals surface area contributed by atoms with Gasteiger partial charge in [-0.1, -0.05) is 30.3 Å². The van der Waals surface area contributed by atoms with Gasteiger partial charge in [0, 0.05) is 5.56 Å². The second-order valence-corrected chi connectivity index (χ2v) is 5.37. The first-order valence-corrected chi connectivity index (χ1v) is 7.41. The lowest BCUT2D eigenvalue weighted by atomic mass is 9.90. The van der Waals surface area contributed by atoms with Crippen LogP contribution in [0.3, 0.4) is 0 Å². The molecule has 0 radical (unpaired) electrons. The van der Waals surface area contributed by atoms with E-state index in [1.807, 2.05) is 6.07 Å². The van der Waals surface area contributed by atoms with E-state index in [0.717, 1.165) is 0 Å². The van der Waals surface area contributed by atoms with Crippen LogP contribution in [-0.2, 0) is 14.3 Å². The number of nitrogens with one attached hydrogen (secondary N) is 2. The van der Waals surface area contributed by atoms with Crippen LogP contribution < -0.4 is 10.6 Å². The number of hydrogen-bond donors (Lipinski definition) is 3. The Morgan fingerprint density at radius 2 is 1.96 bits per heavy atom. The number of ether oxygens (including phenoxy) is 1. The first-order valence-electron chi connectivity index (χ1n) is 7.41. The first-order chi connectivity index (χ1) is 11.0. The number of benzene rings is 1. The fourth-order valence-electron chi connectivity index (χ4n) is 2.52. The van der Waals surface area contributed by atoms with E-state index in [1.165, 1.54) is 7.11 Å². The van der Waals surface area contributed by atoms with Crippen molar-refractivity contribution >= 4 is 17.7 Å². The van der Waals surface area contributed by atoms with E-state index < -0.39 is 30.1 Å². The number of ketones is 1. The lowest BCUT2D eigenvalue weighted by molar-refractivity contribution is -0.141. The van der Waals surface area contributed by atoms with Crippen molar-refractivity contribution in [3.63, 3.8) is 0 Å². The minimum atomic E-state index is -0.939. The molecule has 0 aliphatic carbocycles. The summed E-state index contributed by atoms with van der Waals surface area (Å²) in [6.07, 6.45) is -0.144. The highest BCUT2D eigenvalue weighted by molar-refractivity contribution is 6.00. The van der Waals surface area contributed by atoms with E-state index in [1.54, 1.807) is 24.3 Å². The molecule has 1 aromatic rings. The van der Waals surface area contributed by atoms with Gasteiger partial charge in [0.25, 0.3) is 0 Å². The third kappa shape index (κ3) is 4.37. The van der Waals surface area contributed by atoms with Gasteiger partial charge in [-0.3, -0.25) is 19.7 Å². The Kier molecular flexibility index (Phi) is 5.84. The molecule has 1 saturated heterocycles. The Bertz CT molecular complexity index is 575. The van der Waals surface area contributed by atoms with Crippen molar-refractivity contribution in [3.05, 3.63) is 35.9 Å². The number of esters is 1. The van der Waals surface area contributed by atoms with Crippen molar-refractivity contribution in [1.29, 1.82) is 0 Å². The summed E-state index contributed by atoms with van der Waals surface area (Å²) in [6, 6.07) is 7.29. The number of rotatable bonds is 5. The molecule has 1 fully saturated rings. The molecule has 1 aromatic carbocycles. The van der Waals surface area contributed by atoms with E-state index >= 15 is 0 Å². The molecule has 124 valence electrons. The molecule has 1 aliphatic heterocycles. The third-order valence-electron chi connectivity index (χ3n) is 3.81. The standard InChI is InChI=1S/C16H20N2O5/c1-23-13(20)9-17-16(22)14-12(19)8-7-11(18-14)15(21)10-5-3-2-4-6-10/h2-6,11-12,14,18-19H,7-9H2,1H3,(H,17,22). The maximum atomic E-state index is 12.4. The topological polar surface area (TPSA) is 105 Å². The van der Waals surface area contributed by atoms with Crippen LogP contribution in [0.15, 0.2) is 30.3 Å². The van der Waals surface area contributed by atoms with Crippen LogP contribution in [0.1, 0.15) is 23.2 Å². The van der Waals surface area contributed by atoms with E-state index in [2.05, 4.69) is 15.4 Å². The van der Waals surface area contributed by atoms with Crippen molar-refractivity contribution in [2.24, 2.45) is 0 Å². The maximum Gasteiger partial charge on any atom is 0.325 e. The summed E-state index contributed by atoms with van der Waals surface area (Å²) in [4.78, 5) is 35.6. The van der Waals surface area contributed by atoms with Crippen LogP contribution in [0.5, 0.6) is 0 Å². The maximum absolute atomic E-state index is 12.4. The number of hydrogen-bond acceptors (Lipinski definition) is 6. The normalized spacial score (nSPS) is 23.8. The van der Waals surface area contributed by atoms with Crippen molar-refractivity contribution in [3.8, 4) is 0 Å². The summed E-state index contributed by atoms with van der Waals surface area (Å²) in [6.45, 7) is -0.280. The van der Waals surface area contributed by atoms with Crippen LogP contribution in [0.2, 0.25) is 0 Å². The van der Waals surface area contributed by atoms with Gasteiger partial charge in [0.1, 0.15) is 12.6 Å². The summed E-state index contributed by atoms with van der Waals surface area (Å²) in [5.41, 5.74) is 0.551. The minimum absolute atomic E-state index is 0.122. The fraction of sp³-hybridized carbons (Fsp3) is 0.438. The summed E-state index contributed by atoms with van der Waals surface area (Å²) in [5.74, 6) is -1.24. The predicted octanol–water partition coefficient (Wildman–Crippen LogP) is -0.360. The Hall–Kier alpha value is -2.25. The minimum Gasteiger partial charge on any atom is -0.468 e. The molecule has 2 rings (SSSR count). The van der Waals surface area contributed by atoms with Crippen molar-refractivity contribution in [1.82, 2.24) is 10.6 Å². The fourth-order valence-corrected chi connectivity index (χ4v) is 2.52. The first kappa shape index (κ1) is 17.1. The molecule has 3 atom stereocenters. The number of aliphatic hydroxyl groups excluding tert-OH is 1. The molecule has 0 bridgehead atoms. The highest BCUT2D eigenvalue weighted by Gasteiger charge is 2.36. The Morgan fingerprint density at radius 1 is 1.26 bits per heavy atom. The van der Waals surface area contributed by atoms with Gasteiger partial charge in [-0.05, 0) is 12.8 Å². The Balaban J connectivity index is 2.00. The number of piperidine rings is 1. The van der Waals surface area contributed by atoms with E-state index in [0.29, 0.717) is 18.4 Å². The van der Waals surface area contributed by atoms with E-state index in [-0.39, 0.29) is 12.3 Å². The van der Waals surface area contributed by atoms with Gasteiger partial charge in [-0.15, -0.1) is 0 Å². The zero-order chi connectivity index (χ0) is 16.8. The van der Waals surface area contributed by atoms with Crippen LogP contribution in [0.4, 0.5) is 0 Å². The van der Waals surface area contributed by atoms with Crippen LogP contribution in [0, 0.1) is 0 Å². The number of methoxy groups -OCH3 is 1. The molecule has 1 aliphatic rings. The monoisotopic (exact) mass is 320 g/mol. The summed E-state index contributed by atoms with van der Waals surface area (Å²) >= 11 is 0. The Morgan fingerprint density at radius 3 is 2.61 bits per heavy atom. The van der Waals surface area contributed by atoms with Gasteiger partial charge in [0.05, 0.1) is 19.3 Å². The highest BCUT2D eigenvalue weighted by atomic mass is 16.5. The zero-order valence-corrected chi connectivity index (χ0v) is 12.8. The van der Waals surface area contributed by atoms with Crippen LogP contribution in [0.25, 0.3) is 0 Å². The number of Topliss-reactive ketones (excluding diaryl/α,β-unsaturated/α-hetero) is 1. The SMILES string of the molecule is COC(=O)CNC(=O)C1NC(C(=O)c2ccccc2)CCC1O. The van der Waals surface area contributed by atoms with Crippen LogP contribution >= 0.6 is 0 Å². The van der Waals surface area contributed by atoms with Gasteiger partial charge in [0.2, 0.25) is 5.91 Å². The zero-order valence-electron chi connectivity index (χ0n) is 12.8. The summed E-state index contributed by atoms with van der Waals surface area (Å²) in [7, 11) is 1.22. The number of carbonyl (C=O) groups is 3. The summed E-state index contributed by atoms with van der Waals surface area (Å²) in [5, 5.41) is 15.2. The molecule has 23 heavy (non-hydrogen) atoms. The second kappa shape index (κ2) is 7.85. The van der Waals surface area contributed by atoms with E-state index in [4.69, 9.17) is 0 Å². The van der Waals surface area contributed by atoms with Crippen molar-refractivity contribution in [2.75, 3.05) is 13.7 Å². The quantitative estimate of drug-likeness (QED) is 0.505. The number of aliphatic hydroxyl groups is 1. The summed E-state index contributed by atoms with van der Waals surface area (Å²) < 4.78 is 4.44. The molecule has 0 aromatic heterocycles. The average Bonchev–Trinajstić information content (AvgIpc) is 2.59. The van der Waals surface area contributed by atoms with Gasteiger partial charge >= 0.3 is 5.97 Å². The van der Waals surface area contributed by atoms with Crippen LogP contribution in [-0.4, -0.2) is 54.6 Å².